The molecule has 0 amide bonds. The van der Waals surface area contributed by atoms with Gasteiger partial charge in [0.1, 0.15) is 5.76 Å². The van der Waals surface area contributed by atoms with Gasteiger partial charge in [-0.25, -0.2) is 4.99 Å². The first-order valence-electron chi connectivity index (χ1n) is 10.5. The van der Waals surface area contributed by atoms with Gasteiger partial charge in [0.2, 0.25) is 5.96 Å². The van der Waals surface area contributed by atoms with Crippen molar-refractivity contribution < 1.29 is 9.84 Å². The second-order valence-corrected chi connectivity index (χ2v) is 7.64. The van der Waals surface area contributed by atoms with E-state index in [0.29, 0.717) is 19.6 Å². The lowest BCUT2D eigenvalue weighted by molar-refractivity contribution is 0.182. The molecule has 0 radical (unpaired) electrons. The molecule has 0 bridgehead atoms. The number of hydrogen-bond acceptors (Lipinski definition) is 5. The Balaban J connectivity index is 2.25. The Morgan fingerprint density at radius 1 is 1.26 bits per heavy atom. The molecular weight excluding hydrogens is 390 g/mol. The van der Waals surface area contributed by atoms with Crippen LogP contribution in [-0.4, -0.2) is 69.6 Å². The largest absolute Gasteiger partial charge is 0.508 e. The monoisotopic (exact) mass is 425 g/mol. The molecule has 7 heteroatoms. The summed E-state index contributed by atoms with van der Waals surface area (Å²) in [6.45, 7) is 3.84. The van der Waals surface area contributed by atoms with Gasteiger partial charge in [-0.05, 0) is 55.3 Å². The lowest BCUT2D eigenvalue weighted by Gasteiger charge is -2.18. The van der Waals surface area contributed by atoms with Gasteiger partial charge >= 0.3 is 0 Å². The predicted molar refractivity (Wildman–Crippen MR) is 131 cm³/mol. The molecule has 2 rings (SSSR count). The van der Waals surface area contributed by atoms with Crippen molar-refractivity contribution in [3.8, 4) is 0 Å². The van der Waals surface area contributed by atoms with Gasteiger partial charge in [0, 0.05) is 65.3 Å². The summed E-state index contributed by atoms with van der Waals surface area (Å²) in [5, 5.41) is 18.4. The third kappa shape index (κ3) is 7.29. The fourth-order valence-electron chi connectivity index (χ4n) is 3.16. The molecule has 1 heterocycles. The van der Waals surface area contributed by atoms with Gasteiger partial charge in [-0.3, -0.25) is 5.41 Å². The van der Waals surface area contributed by atoms with Crippen LogP contribution >= 0.6 is 0 Å². The number of allylic oxidation sites excluding steroid dienone is 3. The number of nitrogens with zero attached hydrogens (tertiary/aromatic N) is 4. The summed E-state index contributed by atoms with van der Waals surface area (Å²) in [6.07, 6.45) is 8.56. The van der Waals surface area contributed by atoms with E-state index >= 15 is 0 Å². The summed E-state index contributed by atoms with van der Waals surface area (Å²) >= 11 is 0. The molecule has 1 aliphatic rings. The van der Waals surface area contributed by atoms with E-state index in [0.717, 1.165) is 35.6 Å². The highest BCUT2D eigenvalue weighted by atomic mass is 16.5. The van der Waals surface area contributed by atoms with Gasteiger partial charge in [0.15, 0.2) is 0 Å². The van der Waals surface area contributed by atoms with Gasteiger partial charge in [0.25, 0.3) is 0 Å². The van der Waals surface area contributed by atoms with E-state index in [9.17, 15) is 5.11 Å². The normalized spacial score (nSPS) is 14.9. The minimum atomic E-state index is 0.181. The van der Waals surface area contributed by atoms with Crippen LogP contribution in [0.1, 0.15) is 19.8 Å². The van der Waals surface area contributed by atoms with Crippen molar-refractivity contribution in [1.29, 1.82) is 5.41 Å². The third-order valence-corrected chi connectivity index (χ3v) is 5.08. The molecule has 0 aromatic heterocycles. The zero-order chi connectivity index (χ0) is 22.8. The van der Waals surface area contributed by atoms with E-state index in [2.05, 4.69) is 45.3 Å². The standard InChI is InChI=1S/C24H35N5O2/c1-6-7-22(30)12-13-23(26-24(25)28(4)16-17-31-5)19-14-15-29(18-19)21-10-8-20(9-11-21)27(2)3/h6-12,18,25,30H,13-17H2,1-5H3/b7-6-,22-12+,25-24?,26-23-. The lowest BCUT2D eigenvalue weighted by Crippen LogP contribution is -2.29. The van der Waals surface area contributed by atoms with E-state index in [1.807, 2.05) is 28.1 Å². The molecule has 31 heavy (non-hydrogen) atoms. The van der Waals surface area contributed by atoms with Crippen molar-refractivity contribution in [2.45, 2.75) is 19.8 Å². The highest BCUT2D eigenvalue weighted by Crippen LogP contribution is 2.26. The van der Waals surface area contributed by atoms with Crippen molar-refractivity contribution in [1.82, 2.24) is 4.90 Å². The summed E-state index contributed by atoms with van der Waals surface area (Å²) in [5.74, 6) is 0.379. The van der Waals surface area contributed by atoms with Crippen LogP contribution in [0.25, 0.3) is 0 Å². The number of aliphatic imine (C=N–C) groups is 1. The van der Waals surface area contributed by atoms with Crippen molar-refractivity contribution in [3.05, 3.63) is 60.0 Å². The van der Waals surface area contributed by atoms with Crippen LogP contribution in [0.3, 0.4) is 0 Å². The molecule has 0 saturated carbocycles. The van der Waals surface area contributed by atoms with E-state index in [4.69, 9.17) is 10.1 Å². The second kappa shape index (κ2) is 12.0. The number of benzene rings is 1. The highest BCUT2D eigenvalue weighted by molar-refractivity contribution is 6.07. The SMILES string of the molecule is C/C=C\C(O)=C/C/C(=N/C(=N)N(C)CCOC)C1=CN(c2ccc(N(C)C)cc2)CC1. The maximum absolute atomic E-state index is 10.0. The number of aliphatic hydroxyl groups is 1. The summed E-state index contributed by atoms with van der Waals surface area (Å²) in [4.78, 5) is 10.6. The zero-order valence-electron chi connectivity index (χ0n) is 19.3. The molecule has 2 N–H and O–H groups in total. The number of likely N-dealkylation sites (N-methyl/N-ethyl adjacent to an activating group) is 1. The Bertz CT molecular complexity index is 853. The fraction of sp³-hybridized carbons (Fsp3) is 0.417. The first-order valence-corrected chi connectivity index (χ1v) is 10.5. The number of aliphatic hydroxyl groups excluding tert-OH is 1. The molecule has 1 aromatic rings. The zero-order valence-corrected chi connectivity index (χ0v) is 19.3. The Morgan fingerprint density at radius 2 is 1.97 bits per heavy atom. The average molecular weight is 426 g/mol. The Kier molecular flexibility index (Phi) is 9.34. The third-order valence-electron chi connectivity index (χ3n) is 5.08. The predicted octanol–water partition coefficient (Wildman–Crippen LogP) is 4.21. The number of hydrogen-bond donors (Lipinski definition) is 2. The molecule has 0 fully saturated rings. The molecule has 0 unspecified atom stereocenters. The lowest BCUT2D eigenvalue weighted by atomic mass is 10.1. The van der Waals surface area contributed by atoms with Crippen molar-refractivity contribution in [2.75, 3.05) is 57.7 Å². The van der Waals surface area contributed by atoms with Crippen molar-refractivity contribution >= 4 is 23.0 Å². The Hall–Kier alpha value is -3.06. The summed E-state index contributed by atoms with van der Waals surface area (Å²) in [6, 6.07) is 8.44. The van der Waals surface area contributed by atoms with Gasteiger partial charge in [-0.15, -0.1) is 0 Å². The van der Waals surface area contributed by atoms with E-state index < -0.39 is 0 Å². The van der Waals surface area contributed by atoms with Crippen LogP contribution in [-0.2, 0) is 4.74 Å². The fourth-order valence-corrected chi connectivity index (χ4v) is 3.16. The minimum absolute atomic E-state index is 0.181. The molecule has 7 nitrogen and oxygen atoms in total. The number of rotatable bonds is 9. The number of methoxy groups -OCH3 is 1. The van der Waals surface area contributed by atoms with Gasteiger partial charge < -0.3 is 24.5 Å². The molecule has 0 aliphatic carbocycles. The summed E-state index contributed by atoms with van der Waals surface area (Å²) in [7, 11) is 7.53. The van der Waals surface area contributed by atoms with Gasteiger partial charge in [-0.1, -0.05) is 6.08 Å². The molecule has 0 atom stereocenters. The van der Waals surface area contributed by atoms with Crippen LogP contribution in [0, 0.1) is 5.41 Å². The molecule has 1 aromatic carbocycles. The van der Waals surface area contributed by atoms with E-state index in [-0.39, 0.29) is 11.7 Å². The van der Waals surface area contributed by atoms with Crippen LogP contribution < -0.4 is 9.80 Å². The first-order chi connectivity index (χ1) is 14.8. The van der Waals surface area contributed by atoms with E-state index in [1.54, 1.807) is 30.2 Å². The molecule has 0 spiro atoms. The van der Waals surface area contributed by atoms with E-state index in [1.165, 1.54) is 0 Å². The topological polar surface area (TPSA) is 75.4 Å². The molecular formula is C24H35N5O2. The Labute approximate surface area is 186 Å². The van der Waals surface area contributed by atoms with Crippen molar-refractivity contribution in [3.63, 3.8) is 0 Å². The maximum atomic E-state index is 10.0. The Morgan fingerprint density at radius 3 is 2.58 bits per heavy atom. The summed E-state index contributed by atoms with van der Waals surface area (Å²) in [5.41, 5.74) is 4.15. The van der Waals surface area contributed by atoms with Crippen LogP contribution in [0.5, 0.6) is 0 Å². The highest BCUT2D eigenvalue weighted by Gasteiger charge is 2.19. The summed E-state index contributed by atoms with van der Waals surface area (Å²) < 4.78 is 5.10. The van der Waals surface area contributed by atoms with Gasteiger partial charge in [-0.2, -0.15) is 0 Å². The number of guanidine groups is 1. The number of ether oxygens (including phenoxy) is 1. The smallest absolute Gasteiger partial charge is 0.217 e. The van der Waals surface area contributed by atoms with Crippen LogP contribution in [0.2, 0.25) is 0 Å². The maximum Gasteiger partial charge on any atom is 0.217 e. The first kappa shape index (κ1) is 24.2. The number of anilines is 2. The van der Waals surface area contributed by atoms with Gasteiger partial charge in [0.05, 0.1) is 12.3 Å². The minimum Gasteiger partial charge on any atom is -0.508 e. The molecule has 1 aliphatic heterocycles. The van der Waals surface area contributed by atoms with Crippen LogP contribution in [0.4, 0.5) is 11.4 Å². The quantitative estimate of drug-likeness (QED) is 0.268. The second-order valence-electron chi connectivity index (χ2n) is 7.64. The van der Waals surface area contributed by atoms with Crippen LogP contribution in [0.15, 0.2) is 65.0 Å². The molecule has 0 saturated heterocycles. The molecule has 168 valence electrons. The van der Waals surface area contributed by atoms with Crippen molar-refractivity contribution in [2.24, 2.45) is 4.99 Å². The number of nitrogens with one attached hydrogen (secondary N) is 1. The average Bonchev–Trinajstić information content (AvgIpc) is 3.25.